The molecule has 4 heteroatoms. The first-order chi connectivity index (χ1) is 7.72. The average molecular weight is 220 g/mol. The maximum absolute atomic E-state index is 13.5. The number of nitrogens with one attached hydrogen (secondary N) is 1. The van der Waals surface area contributed by atoms with Gasteiger partial charge >= 0.3 is 0 Å². The number of hydrogen-bond acceptors (Lipinski definition) is 2. The standard InChI is InChI=1S/C12H13FN2O/c1-14-7-9-6-12(15(16)8-9)10-4-2-3-5-11(10)13/h2-6,8,14,16H,7H2,1H3. The Morgan fingerprint density at radius 2 is 2.12 bits per heavy atom. The molecular weight excluding hydrogens is 207 g/mol. The van der Waals surface area contributed by atoms with Gasteiger partial charge in [-0.25, -0.2) is 4.39 Å². The molecule has 1 aromatic carbocycles. The highest BCUT2D eigenvalue weighted by Gasteiger charge is 2.10. The molecule has 0 saturated heterocycles. The van der Waals surface area contributed by atoms with Gasteiger partial charge in [-0.3, -0.25) is 0 Å². The molecular formula is C12H13FN2O. The van der Waals surface area contributed by atoms with Crippen molar-refractivity contribution in [2.24, 2.45) is 0 Å². The summed E-state index contributed by atoms with van der Waals surface area (Å²) in [5, 5.41) is 12.6. The second-order valence-electron chi connectivity index (χ2n) is 3.59. The fraction of sp³-hybridized carbons (Fsp3) is 0.167. The lowest BCUT2D eigenvalue weighted by Gasteiger charge is -2.02. The molecule has 0 saturated carbocycles. The molecule has 3 nitrogen and oxygen atoms in total. The van der Waals surface area contributed by atoms with E-state index in [4.69, 9.17) is 0 Å². The van der Waals surface area contributed by atoms with E-state index in [1.54, 1.807) is 30.5 Å². The quantitative estimate of drug-likeness (QED) is 0.778. The minimum atomic E-state index is -0.341. The van der Waals surface area contributed by atoms with Crippen LogP contribution in [0.25, 0.3) is 11.3 Å². The fourth-order valence-corrected chi connectivity index (χ4v) is 1.68. The van der Waals surface area contributed by atoms with Crippen molar-refractivity contribution in [1.29, 1.82) is 0 Å². The van der Waals surface area contributed by atoms with E-state index in [-0.39, 0.29) is 5.82 Å². The van der Waals surface area contributed by atoms with E-state index in [0.717, 1.165) is 10.3 Å². The van der Waals surface area contributed by atoms with E-state index in [1.165, 1.54) is 6.07 Å². The summed E-state index contributed by atoms with van der Waals surface area (Å²) >= 11 is 0. The molecule has 0 spiro atoms. The highest BCUT2D eigenvalue weighted by molar-refractivity contribution is 5.61. The van der Waals surface area contributed by atoms with Crippen molar-refractivity contribution < 1.29 is 9.60 Å². The van der Waals surface area contributed by atoms with Gasteiger partial charge in [0.05, 0.1) is 5.69 Å². The van der Waals surface area contributed by atoms with Crippen molar-refractivity contribution in [3.05, 3.63) is 47.9 Å². The molecule has 1 aromatic heterocycles. The molecule has 16 heavy (non-hydrogen) atoms. The van der Waals surface area contributed by atoms with Gasteiger partial charge in [-0.1, -0.05) is 12.1 Å². The molecule has 0 aliphatic rings. The molecule has 2 rings (SSSR count). The molecule has 0 radical (unpaired) electrons. The maximum atomic E-state index is 13.5. The first-order valence-electron chi connectivity index (χ1n) is 5.02. The molecule has 0 unspecified atom stereocenters. The van der Waals surface area contributed by atoms with Gasteiger partial charge < -0.3 is 10.5 Å². The third kappa shape index (κ3) is 1.92. The first-order valence-corrected chi connectivity index (χ1v) is 5.02. The normalized spacial score (nSPS) is 10.6. The van der Waals surface area contributed by atoms with Crippen molar-refractivity contribution in [2.75, 3.05) is 7.05 Å². The minimum absolute atomic E-state index is 0.341. The van der Waals surface area contributed by atoms with Gasteiger partial charge in [0.1, 0.15) is 5.82 Å². The lowest BCUT2D eigenvalue weighted by Crippen LogP contribution is -2.03. The van der Waals surface area contributed by atoms with Crippen LogP contribution in [0.15, 0.2) is 36.5 Å². The Kier molecular flexibility index (Phi) is 2.92. The third-order valence-electron chi connectivity index (χ3n) is 2.39. The van der Waals surface area contributed by atoms with E-state index >= 15 is 0 Å². The number of hydrogen-bond donors (Lipinski definition) is 2. The van der Waals surface area contributed by atoms with E-state index < -0.39 is 0 Å². The number of rotatable bonds is 3. The molecule has 84 valence electrons. The lowest BCUT2D eigenvalue weighted by atomic mass is 10.1. The predicted molar refractivity (Wildman–Crippen MR) is 59.8 cm³/mol. The predicted octanol–water partition coefficient (Wildman–Crippen LogP) is 2.25. The van der Waals surface area contributed by atoms with Crippen LogP contribution >= 0.6 is 0 Å². The van der Waals surface area contributed by atoms with E-state index in [9.17, 15) is 9.60 Å². The number of benzene rings is 1. The van der Waals surface area contributed by atoms with Crippen LogP contribution in [0.5, 0.6) is 0 Å². The molecule has 0 bridgehead atoms. The number of halogens is 1. The van der Waals surface area contributed by atoms with Gasteiger partial charge in [-0.05, 0) is 30.8 Å². The van der Waals surface area contributed by atoms with Gasteiger partial charge in [-0.15, -0.1) is 0 Å². The van der Waals surface area contributed by atoms with Crippen LogP contribution in [-0.2, 0) is 6.54 Å². The van der Waals surface area contributed by atoms with Crippen molar-refractivity contribution in [3.8, 4) is 11.3 Å². The van der Waals surface area contributed by atoms with Crippen molar-refractivity contribution in [1.82, 2.24) is 10.0 Å². The SMILES string of the molecule is CNCc1cc(-c2ccccc2F)n(O)c1. The van der Waals surface area contributed by atoms with Crippen LogP contribution in [0.4, 0.5) is 4.39 Å². The zero-order valence-corrected chi connectivity index (χ0v) is 8.94. The molecule has 0 amide bonds. The smallest absolute Gasteiger partial charge is 0.132 e. The minimum Gasteiger partial charge on any atom is -0.428 e. The Morgan fingerprint density at radius 1 is 1.38 bits per heavy atom. The topological polar surface area (TPSA) is 37.2 Å². The Labute approximate surface area is 93.1 Å². The second-order valence-corrected chi connectivity index (χ2v) is 3.59. The van der Waals surface area contributed by atoms with Gasteiger partial charge in [-0.2, -0.15) is 4.73 Å². The molecule has 0 fully saturated rings. The lowest BCUT2D eigenvalue weighted by molar-refractivity contribution is 0.191. The maximum Gasteiger partial charge on any atom is 0.132 e. The van der Waals surface area contributed by atoms with Crippen LogP contribution in [0.1, 0.15) is 5.56 Å². The summed E-state index contributed by atoms with van der Waals surface area (Å²) in [6.07, 6.45) is 1.57. The fourth-order valence-electron chi connectivity index (χ4n) is 1.68. The second kappa shape index (κ2) is 4.37. The van der Waals surface area contributed by atoms with E-state index in [0.29, 0.717) is 17.8 Å². The summed E-state index contributed by atoms with van der Waals surface area (Å²) in [5.74, 6) is -0.341. The van der Waals surface area contributed by atoms with Crippen molar-refractivity contribution in [3.63, 3.8) is 0 Å². The summed E-state index contributed by atoms with van der Waals surface area (Å²) in [7, 11) is 1.82. The summed E-state index contributed by atoms with van der Waals surface area (Å²) < 4.78 is 14.5. The van der Waals surface area contributed by atoms with Gasteiger partial charge in [0.2, 0.25) is 0 Å². The van der Waals surface area contributed by atoms with Crippen LogP contribution in [0.2, 0.25) is 0 Å². The summed E-state index contributed by atoms with van der Waals surface area (Å²) in [4.78, 5) is 0. The number of nitrogens with zero attached hydrogens (tertiary/aromatic N) is 1. The van der Waals surface area contributed by atoms with Crippen LogP contribution < -0.4 is 5.32 Å². The highest BCUT2D eigenvalue weighted by atomic mass is 19.1. The van der Waals surface area contributed by atoms with Gasteiger partial charge in [0.15, 0.2) is 0 Å². The van der Waals surface area contributed by atoms with Crippen molar-refractivity contribution >= 4 is 0 Å². The zero-order valence-electron chi connectivity index (χ0n) is 8.94. The molecule has 0 aliphatic carbocycles. The largest absolute Gasteiger partial charge is 0.428 e. The first kappa shape index (κ1) is 10.7. The van der Waals surface area contributed by atoms with Crippen LogP contribution in [-0.4, -0.2) is 17.0 Å². The Morgan fingerprint density at radius 3 is 2.81 bits per heavy atom. The molecule has 1 heterocycles. The Hall–Kier alpha value is -1.81. The van der Waals surface area contributed by atoms with E-state index in [1.807, 2.05) is 7.05 Å². The number of aromatic nitrogens is 1. The molecule has 2 aromatic rings. The molecule has 2 N–H and O–H groups in total. The summed E-state index contributed by atoms with van der Waals surface area (Å²) in [6, 6.07) is 8.14. The Balaban J connectivity index is 2.44. The Bertz CT molecular complexity index is 494. The third-order valence-corrected chi connectivity index (χ3v) is 2.39. The van der Waals surface area contributed by atoms with Gasteiger partial charge in [0.25, 0.3) is 0 Å². The van der Waals surface area contributed by atoms with E-state index in [2.05, 4.69) is 5.32 Å². The highest BCUT2D eigenvalue weighted by Crippen LogP contribution is 2.23. The van der Waals surface area contributed by atoms with Gasteiger partial charge in [0, 0.05) is 18.3 Å². The van der Waals surface area contributed by atoms with Crippen LogP contribution in [0.3, 0.4) is 0 Å². The average Bonchev–Trinajstić information content (AvgIpc) is 2.61. The summed E-state index contributed by atoms with van der Waals surface area (Å²) in [6.45, 7) is 0.634. The zero-order chi connectivity index (χ0) is 11.5. The van der Waals surface area contributed by atoms with Crippen molar-refractivity contribution in [2.45, 2.75) is 6.54 Å². The molecule has 0 atom stereocenters. The van der Waals surface area contributed by atoms with Crippen LogP contribution in [0, 0.1) is 5.82 Å². The molecule has 0 aliphatic heterocycles. The monoisotopic (exact) mass is 220 g/mol. The summed E-state index contributed by atoms with van der Waals surface area (Å²) in [5.41, 5.74) is 1.76.